The number of carbonyl (C=O) groups is 1. The van der Waals surface area contributed by atoms with Crippen LogP contribution in [0.15, 0.2) is 47.7 Å². The molecular weight excluding hydrogens is 386 g/mol. The lowest BCUT2D eigenvalue weighted by Crippen LogP contribution is -2.45. The molecule has 6 nitrogen and oxygen atoms in total. The Morgan fingerprint density at radius 2 is 1.79 bits per heavy atom. The lowest BCUT2D eigenvalue weighted by molar-refractivity contribution is -0.113. The molecule has 0 fully saturated rings. The average Bonchev–Trinajstić information content (AvgIpc) is 2.69. The highest BCUT2D eigenvalue weighted by atomic mass is 32.1. The second kappa shape index (κ2) is 8.53. The summed E-state index contributed by atoms with van der Waals surface area (Å²) in [4.78, 5) is 13.3. The molecule has 0 aliphatic carbocycles. The number of allylic oxidation sites excluding steroid dienone is 1. The number of rotatable bonds is 5. The van der Waals surface area contributed by atoms with E-state index in [4.69, 9.17) is 21.7 Å². The molecule has 1 atom stereocenters. The second-order valence-corrected chi connectivity index (χ2v) is 7.34. The molecule has 1 aliphatic rings. The molecule has 3 rings (SSSR count). The van der Waals surface area contributed by atoms with E-state index in [2.05, 4.69) is 16.0 Å². The zero-order valence-corrected chi connectivity index (χ0v) is 18.0. The molecule has 0 aromatic heterocycles. The number of aryl methyl sites for hydroxylation is 2. The van der Waals surface area contributed by atoms with Crippen LogP contribution in [0.2, 0.25) is 0 Å². The fraction of sp³-hybridized carbons (Fsp3) is 0.273. The van der Waals surface area contributed by atoms with Crippen molar-refractivity contribution in [2.45, 2.75) is 26.8 Å². The first-order valence-electron chi connectivity index (χ1n) is 9.23. The first-order valence-corrected chi connectivity index (χ1v) is 9.63. The van der Waals surface area contributed by atoms with E-state index in [0.717, 1.165) is 16.8 Å². The number of anilines is 1. The summed E-state index contributed by atoms with van der Waals surface area (Å²) in [7, 11) is 3.19. The van der Waals surface area contributed by atoms with Gasteiger partial charge < -0.3 is 25.4 Å². The molecule has 0 radical (unpaired) electrons. The molecule has 152 valence electrons. The summed E-state index contributed by atoms with van der Waals surface area (Å²) in [5.41, 5.74) is 5.00. The minimum Gasteiger partial charge on any atom is -0.497 e. The van der Waals surface area contributed by atoms with Crippen molar-refractivity contribution in [3.8, 4) is 11.5 Å². The predicted molar refractivity (Wildman–Crippen MR) is 118 cm³/mol. The number of carbonyl (C=O) groups excluding carboxylic acids is 1. The maximum Gasteiger partial charge on any atom is 0.255 e. The van der Waals surface area contributed by atoms with E-state index in [0.29, 0.717) is 27.9 Å². The molecule has 0 unspecified atom stereocenters. The molecular formula is C22H25N3O3S. The van der Waals surface area contributed by atoms with Crippen LogP contribution in [0.1, 0.15) is 29.7 Å². The van der Waals surface area contributed by atoms with E-state index >= 15 is 0 Å². The van der Waals surface area contributed by atoms with E-state index in [-0.39, 0.29) is 5.91 Å². The predicted octanol–water partition coefficient (Wildman–Crippen LogP) is 3.75. The Labute approximate surface area is 176 Å². The Kier molecular flexibility index (Phi) is 6.08. The van der Waals surface area contributed by atoms with E-state index in [1.54, 1.807) is 14.2 Å². The van der Waals surface area contributed by atoms with Crippen LogP contribution in [0.3, 0.4) is 0 Å². The third kappa shape index (κ3) is 4.35. The zero-order valence-electron chi connectivity index (χ0n) is 17.2. The van der Waals surface area contributed by atoms with Crippen LogP contribution in [0.4, 0.5) is 5.69 Å². The van der Waals surface area contributed by atoms with Crippen LogP contribution in [-0.2, 0) is 4.79 Å². The molecule has 1 aliphatic heterocycles. The fourth-order valence-corrected chi connectivity index (χ4v) is 3.58. The number of ether oxygens (including phenoxy) is 2. The summed E-state index contributed by atoms with van der Waals surface area (Å²) in [5, 5.41) is 9.68. The van der Waals surface area contributed by atoms with Gasteiger partial charge in [0, 0.05) is 16.9 Å². The number of methoxy groups -OCH3 is 2. The topological polar surface area (TPSA) is 71.6 Å². The van der Waals surface area contributed by atoms with Gasteiger partial charge in [-0.05, 0) is 74.4 Å². The van der Waals surface area contributed by atoms with Crippen molar-refractivity contribution in [3.05, 3.63) is 64.4 Å². The van der Waals surface area contributed by atoms with Gasteiger partial charge in [0.1, 0.15) is 11.5 Å². The Hall–Kier alpha value is -3.06. The third-order valence-corrected chi connectivity index (χ3v) is 5.25. The van der Waals surface area contributed by atoms with Crippen molar-refractivity contribution in [2.75, 3.05) is 19.5 Å². The highest BCUT2D eigenvalue weighted by Gasteiger charge is 2.32. The van der Waals surface area contributed by atoms with E-state index in [9.17, 15) is 4.79 Å². The molecule has 2 aromatic rings. The summed E-state index contributed by atoms with van der Waals surface area (Å²) in [5.74, 6) is 1.08. The Morgan fingerprint density at radius 1 is 1.03 bits per heavy atom. The summed E-state index contributed by atoms with van der Waals surface area (Å²) in [6.45, 7) is 5.89. The van der Waals surface area contributed by atoms with Gasteiger partial charge in [-0.25, -0.2) is 0 Å². The minimum atomic E-state index is -0.486. The second-order valence-electron chi connectivity index (χ2n) is 6.93. The standard InChI is InChI=1S/C22H25N3O3S/c1-12-6-7-15(10-13(12)2)24-21(26)19-14(3)23-22(29)25-20(19)17-11-16(27-4)8-9-18(17)28-5/h6-11,20H,1-5H3,(H,24,26)(H2,23,25,29)/t20-/m0/s1. The van der Waals surface area contributed by atoms with Gasteiger partial charge in [0.2, 0.25) is 0 Å². The van der Waals surface area contributed by atoms with Crippen molar-refractivity contribution in [3.63, 3.8) is 0 Å². The van der Waals surface area contributed by atoms with E-state index < -0.39 is 6.04 Å². The molecule has 0 bridgehead atoms. The molecule has 29 heavy (non-hydrogen) atoms. The smallest absolute Gasteiger partial charge is 0.255 e. The largest absolute Gasteiger partial charge is 0.497 e. The lowest BCUT2D eigenvalue weighted by atomic mass is 9.93. The Balaban J connectivity index is 2.02. The van der Waals surface area contributed by atoms with Gasteiger partial charge in [0.25, 0.3) is 5.91 Å². The van der Waals surface area contributed by atoms with Gasteiger partial charge in [0.15, 0.2) is 5.11 Å². The zero-order chi connectivity index (χ0) is 21.1. The fourth-order valence-electron chi connectivity index (χ4n) is 3.31. The number of nitrogens with one attached hydrogen (secondary N) is 3. The van der Waals surface area contributed by atoms with Crippen LogP contribution in [0.25, 0.3) is 0 Å². The van der Waals surface area contributed by atoms with E-state index in [1.165, 1.54) is 5.56 Å². The Bertz CT molecular complexity index is 1000. The van der Waals surface area contributed by atoms with Gasteiger partial charge >= 0.3 is 0 Å². The quantitative estimate of drug-likeness (QED) is 0.651. The lowest BCUT2D eigenvalue weighted by Gasteiger charge is -2.31. The van der Waals surface area contributed by atoms with Crippen molar-refractivity contribution >= 4 is 28.9 Å². The first kappa shape index (κ1) is 20.7. The molecule has 0 saturated carbocycles. The minimum absolute atomic E-state index is 0.219. The molecule has 0 spiro atoms. The maximum absolute atomic E-state index is 13.3. The normalized spacial score (nSPS) is 16.0. The van der Waals surface area contributed by atoms with E-state index in [1.807, 2.05) is 57.2 Å². The van der Waals surface area contributed by atoms with Crippen molar-refractivity contribution in [2.24, 2.45) is 0 Å². The van der Waals surface area contributed by atoms with Gasteiger partial charge in [0.05, 0.1) is 25.8 Å². The van der Waals surface area contributed by atoms with Crippen LogP contribution in [0.5, 0.6) is 11.5 Å². The van der Waals surface area contributed by atoms with Crippen molar-refractivity contribution in [1.82, 2.24) is 10.6 Å². The highest BCUT2D eigenvalue weighted by Crippen LogP contribution is 2.36. The number of hydrogen-bond donors (Lipinski definition) is 3. The number of amides is 1. The SMILES string of the molecule is COc1ccc(OC)c([C@@H]2NC(=S)NC(C)=C2C(=O)Nc2ccc(C)c(C)c2)c1. The van der Waals surface area contributed by atoms with Gasteiger partial charge in [-0.1, -0.05) is 6.07 Å². The summed E-state index contributed by atoms with van der Waals surface area (Å²) < 4.78 is 10.9. The van der Waals surface area contributed by atoms with Crippen LogP contribution < -0.4 is 25.4 Å². The number of benzene rings is 2. The highest BCUT2D eigenvalue weighted by molar-refractivity contribution is 7.80. The van der Waals surface area contributed by atoms with Crippen molar-refractivity contribution < 1.29 is 14.3 Å². The molecule has 7 heteroatoms. The molecule has 1 heterocycles. The molecule has 2 aromatic carbocycles. The van der Waals surface area contributed by atoms with Gasteiger partial charge in [-0.15, -0.1) is 0 Å². The molecule has 3 N–H and O–H groups in total. The molecule has 1 amide bonds. The van der Waals surface area contributed by atoms with Gasteiger partial charge in [-0.2, -0.15) is 0 Å². The summed E-state index contributed by atoms with van der Waals surface area (Å²) in [6, 6.07) is 10.8. The Morgan fingerprint density at radius 3 is 2.45 bits per heavy atom. The third-order valence-electron chi connectivity index (χ3n) is 5.03. The van der Waals surface area contributed by atoms with Crippen LogP contribution in [0, 0.1) is 13.8 Å². The first-order chi connectivity index (χ1) is 13.8. The maximum atomic E-state index is 13.3. The molecule has 0 saturated heterocycles. The summed E-state index contributed by atoms with van der Waals surface area (Å²) >= 11 is 5.34. The monoisotopic (exact) mass is 411 g/mol. The van der Waals surface area contributed by atoms with Gasteiger partial charge in [-0.3, -0.25) is 4.79 Å². The number of hydrogen-bond acceptors (Lipinski definition) is 4. The van der Waals surface area contributed by atoms with Crippen molar-refractivity contribution in [1.29, 1.82) is 0 Å². The average molecular weight is 412 g/mol. The van der Waals surface area contributed by atoms with Crippen LogP contribution >= 0.6 is 12.2 Å². The summed E-state index contributed by atoms with van der Waals surface area (Å²) in [6.07, 6.45) is 0. The number of thiocarbonyl (C=S) groups is 1. The van der Waals surface area contributed by atoms with Crippen LogP contribution in [-0.4, -0.2) is 25.2 Å².